The number of likely N-dealkylation sites (tertiary alicyclic amines) is 1. The van der Waals surface area contributed by atoms with Crippen LogP contribution >= 0.6 is 11.6 Å². The lowest BCUT2D eigenvalue weighted by Gasteiger charge is -2.39. The van der Waals surface area contributed by atoms with E-state index < -0.39 is 5.60 Å². The zero-order valence-corrected chi connectivity index (χ0v) is 22.1. The predicted molar refractivity (Wildman–Crippen MR) is 141 cm³/mol. The third-order valence-electron chi connectivity index (χ3n) is 6.56. The highest BCUT2D eigenvalue weighted by Crippen LogP contribution is 2.31. The molecule has 0 unspecified atom stereocenters. The second-order valence-electron chi connectivity index (χ2n) is 9.69. The fourth-order valence-electron chi connectivity index (χ4n) is 4.70. The number of aliphatic hydroxyl groups is 1. The number of benzene rings is 2. The summed E-state index contributed by atoms with van der Waals surface area (Å²) in [7, 11) is 1.66. The van der Waals surface area contributed by atoms with Crippen molar-refractivity contribution < 1.29 is 19.3 Å². The smallest absolute Gasteiger partial charge is 0.161 e. The van der Waals surface area contributed by atoms with Gasteiger partial charge in [0.2, 0.25) is 0 Å². The van der Waals surface area contributed by atoms with Gasteiger partial charge >= 0.3 is 0 Å². The number of β-amino-alcohol motifs (C(OH)–C–C–N with tert-alkyl or cyclic N) is 1. The van der Waals surface area contributed by atoms with Crippen molar-refractivity contribution in [2.24, 2.45) is 0 Å². The van der Waals surface area contributed by atoms with Crippen LogP contribution < -0.4 is 14.2 Å². The summed E-state index contributed by atoms with van der Waals surface area (Å²) in [6, 6.07) is 9.90. The highest BCUT2D eigenvalue weighted by Gasteiger charge is 2.34. The average molecular weight is 514 g/mol. The molecule has 0 amide bonds. The van der Waals surface area contributed by atoms with Gasteiger partial charge in [0.05, 0.1) is 20.0 Å². The van der Waals surface area contributed by atoms with Gasteiger partial charge in [-0.3, -0.25) is 4.90 Å². The third-order valence-corrected chi connectivity index (χ3v) is 7.16. The van der Waals surface area contributed by atoms with Crippen LogP contribution in [0.1, 0.15) is 36.0 Å². The highest BCUT2D eigenvalue weighted by molar-refractivity contribution is 6.32. The minimum Gasteiger partial charge on any atom is -0.493 e. The zero-order chi connectivity index (χ0) is 25.5. The molecule has 0 bridgehead atoms. The van der Waals surface area contributed by atoms with E-state index in [1.807, 2.05) is 55.2 Å². The maximum Gasteiger partial charge on any atom is 0.161 e. The lowest BCUT2D eigenvalue weighted by molar-refractivity contribution is -0.0621. The summed E-state index contributed by atoms with van der Waals surface area (Å²) in [4.78, 5) is 6.33. The molecule has 2 heterocycles. The molecule has 4 rings (SSSR count). The Kier molecular flexibility index (Phi) is 8.77. The van der Waals surface area contributed by atoms with E-state index in [-0.39, 0.29) is 6.61 Å². The fourth-order valence-corrected chi connectivity index (χ4v) is 4.81. The van der Waals surface area contributed by atoms with Crippen molar-refractivity contribution in [2.75, 3.05) is 33.4 Å². The molecule has 0 radical (unpaired) electrons. The molecule has 1 aliphatic heterocycles. The van der Waals surface area contributed by atoms with Crippen molar-refractivity contribution in [3.05, 3.63) is 70.8 Å². The number of imidazole rings is 1. The number of methoxy groups -OCH3 is 1. The van der Waals surface area contributed by atoms with Gasteiger partial charge < -0.3 is 23.9 Å². The molecule has 1 atom stereocenters. The van der Waals surface area contributed by atoms with E-state index in [1.165, 1.54) is 0 Å². The second-order valence-corrected chi connectivity index (χ2v) is 10.1. The summed E-state index contributed by atoms with van der Waals surface area (Å²) in [5.41, 5.74) is 2.17. The Morgan fingerprint density at radius 2 is 1.92 bits per heavy atom. The first kappa shape index (κ1) is 26.3. The van der Waals surface area contributed by atoms with Crippen LogP contribution in [0.15, 0.2) is 49.1 Å². The van der Waals surface area contributed by atoms with Crippen LogP contribution in [0.25, 0.3) is 0 Å². The number of hydrogen-bond acceptors (Lipinski definition) is 6. The molecule has 0 aliphatic carbocycles. The van der Waals surface area contributed by atoms with E-state index in [0.29, 0.717) is 19.6 Å². The summed E-state index contributed by atoms with van der Waals surface area (Å²) < 4.78 is 19.6. The van der Waals surface area contributed by atoms with E-state index in [2.05, 4.69) is 16.0 Å². The van der Waals surface area contributed by atoms with Crippen LogP contribution in [-0.2, 0) is 13.1 Å². The lowest BCUT2D eigenvalue weighted by Crippen LogP contribution is -2.51. The molecule has 3 aromatic rings. The Morgan fingerprint density at radius 3 is 2.64 bits per heavy atom. The number of ether oxygens (including phenoxy) is 3. The summed E-state index contributed by atoms with van der Waals surface area (Å²) in [6.45, 7) is 7.83. The summed E-state index contributed by atoms with van der Waals surface area (Å²) in [5.74, 6) is 2.20. The number of nitrogens with zero attached hydrogens (tertiary/aromatic N) is 3. The topological polar surface area (TPSA) is 69.0 Å². The molecule has 0 spiro atoms. The molecule has 8 heteroatoms. The van der Waals surface area contributed by atoms with E-state index in [4.69, 9.17) is 25.8 Å². The van der Waals surface area contributed by atoms with Crippen LogP contribution in [-0.4, -0.2) is 58.6 Å². The molecule has 7 nitrogen and oxygen atoms in total. The normalized spacial score (nSPS) is 18.2. The van der Waals surface area contributed by atoms with Crippen molar-refractivity contribution in [3.8, 4) is 17.2 Å². The van der Waals surface area contributed by atoms with Crippen LogP contribution in [0, 0.1) is 13.8 Å². The largest absolute Gasteiger partial charge is 0.493 e. The Balaban J connectivity index is 1.30. The van der Waals surface area contributed by atoms with Gasteiger partial charge in [-0.2, -0.15) is 0 Å². The molecule has 1 N–H and O–H groups in total. The van der Waals surface area contributed by atoms with Crippen molar-refractivity contribution >= 4 is 11.6 Å². The molecule has 0 saturated carbocycles. The minimum atomic E-state index is -0.901. The maximum absolute atomic E-state index is 11.3. The quantitative estimate of drug-likeness (QED) is 0.362. The van der Waals surface area contributed by atoms with Crippen LogP contribution in [0.3, 0.4) is 0 Å². The van der Waals surface area contributed by atoms with Crippen LogP contribution in [0.2, 0.25) is 5.02 Å². The Labute approximate surface area is 218 Å². The number of aryl methyl sites for hydroxylation is 3. The first-order valence-corrected chi connectivity index (χ1v) is 12.8. The van der Waals surface area contributed by atoms with E-state index >= 15 is 0 Å². The van der Waals surface area contributed by atoms with Gasteiger partial charge in [-0.05, 0) is 80.6 Å². The van der Waals surface area contributed by atoms with Crippen LogP contribution in [0.5, 0.6) is 17.2 Å². The fraction of sp³-hybridized carbons (Fsp3) is 0.464. The van der Waals surface area contributed by atoms with Gasteiger partial charge in [0.25, 0.3) is 0 Å². The van der Waals surface area contributed by atoms with Gasteiger partial charge in [0.1, 0.15) is 18.0 Å². The molecule has 2 aromatic carbocycles. The minimum absolute atomic E-state index is 0.249. The summed E-state index contributed by atoms with van der Waals surface area (Å²) in [5, 5.41) is 12.0. The van der Waals surface area contributed by atoms with Gasteiger partial charge in [-0.1, -0.05) is 17.7 Å². The second kappa shape index (κ2) is 12.0. The van der Waals surface area contributed by atoms with Gasteiger partial charge in [-0.15, -0.1) is 0 Å². The van der Waals surface area contributed by atoms with Crippen LogP contribution in [0.4, 0.5) is 0 Å². The number of hydrogen-bond donors (Lipinski definition) is 1. The SMILES string of the molecule is COc1cc(CN2CCC[C@@](O)(COc3cc(C)c(Cl)c(C)c3)C2)ccc1OCCCn1ccnc1. The van der Waals surface area contributed by atoms with Gasteiger partial charge in [0, 0.05) is 37.1 Å². The van der Waals surface area contributed by atoms with Crippen molar-refractivity contribution in [1.29, 1.82) is 0 Å². The maximum atomic E-state index is 11.3. The van der Waals surface area contributed by atoms with Crippen molar-refractivity contribution in [2.45, 2.75) is 51.8 Å². The van der Waals surface area contributed by atoms with Gasteiger partial charge in [0.15, 0.2) is 11.5 Å². The molecular weight excluding hydrogens is 478 g/mol. The van der Waals surface area contributed by atoms with E-state index in [9.17, 15) is 5.11 Å². The summed E-state index contributed by atoms with van der Waals surface area (Å²) >= 11 is 6.27. The number of halogens is 1. The Morgan fingerprint density at radius 1 is 1.11 bits per heavy atom. The first-order chi connectivity index (χ1) is 17.3. The third kappa shape index (κ3) is 6.93. The molecule has 1 aromatic heterocycles. The molecule has 1 fully saturated rings. The molecule has 1 saturated heterocycles. The number of piperidine rings is 1. The van der Waals surface area contributed by atoms with Gasteiger partial charge in [-0.25, -0.2) is 4.98 Å². The average Bonchev–Trinajstić information content (AvgIpc) is 3.38. The lowest BCUT2D eigenvalue weighted by atomic mass is 9.93. The highest BCUT2D eigenvalue weighted by atomic mass is 35.5. The molecule has 36 heavy (non-hydrogen) atoms. The Hall–Kier alpha value is -2.74. The van der Waals surface area contributed by atoms with E-state index in [0.717, 1.165) is 71.4 Å². The van der Waals surface area contributed by atoms with Crippen molar-refractivity contribution in [1.82, 2.24) is 14.5 Å². The molecular formula is C28H36ClN3O4. The number of rotatable bonds is 11. The zero-order valence-electron chi connectivity index (χ0n) is 21.4. The Bertz CT molecular complexity index is 1110. The summed E-state index contributed by atoms with van der Waals surface area (Å²) in [6.07, 6.45) is 8.04. The standard InChI is InChI=1S/C28H36ClN3O4/c1-21-14-24(15-22(2)27(21)29)36-19-28(33)8-4-10-32(18-28)17-23-6-7-25(26(16-23)34-3)35-13-5-11-31-12-9-30-20-31/h6-7,9,12,14-16,20,33H,4-5,8,10-11,13,17-19H2,1-3H3/t28-/m0/s1. The first-order valence-electron chi connectivity index (χ1n) is 12.4. The predicted octanol–water partition coefficient (Wildman–Crippen LogP) is 5.04. The molecule has 1 aliphatic rings. The van der Waals surface area contributed by atoms with E-state index in [1.54, 1.807) is 13.3 Å². The number of aromatic nitrogens is 2. The van der Waals surface area contributed by atoms with Crippen molar-refractivity contribution in [3.63, 3.8) is 0 Å². The molecule has 194 valence electrons. The monoisotopic (exact) mass is 513 g/mol.